The third-order valence-electron chi connectivity index (χ3n) is 3.29. The van der Waals surface area contributed by atoms with Gasteiger partial charge in [0.2, 0.25) is 10.0 Å². The zero-order chi connectivity index (χ0) is 15.8. The van der Waals surface area contributed by atoms with E-state index in [1.807, 2.05) is 19.9 Å². The number of hydrogen-bond acceptors (Lipinski definition) is 5. The molecule has 0 saturated heterocycles. The molecule has 0 aliphatic carbocycles. The predicted octanol–water partition coefficient (Wildman–Crippen LogP) is 2.30. The Hall–Kier alpha value is -1.57. The summed E-state index contributed by atoms with van der Waals surface area (Å²) in [5.41, 5.74) is 6.28. The van der Waals surface area contributed by atoms with E-state index in [1.165, 1.54) is 6.07 Å². The molecule has 2 rings (SSSR count). The third-order valence-corrected chi connectivity index (χ3v) is 4.94. The van der Waals surface area contributed by atoms with Gasteiger partial charge in [0.15, 0.2) is 0 Å². The van der Waals surface area contributed by atoms with Gasteiger partial charge in [0.05, 0.1) is 6.54 Å². The molecule has 0 aliphatic rings. The maximum absolute atomic E-state index is 12.4. The van der Waals surface area contributed by atoms with E-state index in [0.717, 1.165) is 11.3 Å². The van der Waals surface area contributed by atoms with Crippen LogP contribution < -0.4 is 10.5 Å². The molecule has 6 nitrogen and oxygen atoms in total. The average molecular weight is 312 g/mol. The lowest BCUT2D eigenvalue weighted by Gasteiger charge is -2.13. The molecule has 0 fully saturated rings. The summed E-state index contributed by atoms with van der Waals surface area (Å²) in [6, 6.07) is 2.89. The van der Waals surface area contributed by atoms with Crippen molar-refractivity contribution in [3.05, 3.63) is 40.7 Å². The lowest BCUT2D eigenvalue weighted by molar-refractivity contribution is 0.478. The van der Waals surface area contributed by atoms with E-state index in [0.29, 0.717) is 17.3 Å². The minimum absolute atomic E-state index is 0.118. The number of hydrogen-bond donors (Lipinski definition) is 2. The van der Waals surface area contributed by atoms with Crippen LogP contribution in [0.15, 0.2) is 25.9 Å². The van der Waals surface area contributed by atoms with E-state index in [4.69, 9.17) is 14.6 Å². The van der Waals surface area contributed by atoms with Gasteiger partial charge in [0, 0.05) is 17.7 Å². The molecule has 0 bridgehead atoms. The fraction of sp³-hybridized carbons (Fsp3) is 0.429. The second-order valence-corrected chi connectivity index (χ2v) is 6.73. The first-order chi connectivity index (χ1) is 9.74. The van der Waals surface area contributed by atoms with Gasteiger partial charge in [-0.15, -0.1) is 0 Å². The van der Waals surface area contributed by atoms with E-state index in [2.05, 4.69) is 4.72 Å². The van der Waals surface area contributed by atoms with Gasteiger partial charge in [0.1, 0.15) is 27.9 Å². The Balaban J connectivity index is 2.28. The Kier molecular flexibility index (Phi) is 4.27. The largest absolute Gasteiger partial charge is 0.466 e. The van der Waals surface area contributed by atoms with E-state index in [1.54, 1.807) is 13.8 Å². The highest BCUT2D eigenvalue weighted by molar-refractivity contribution is 7.89. The zero-order valence-corrected chi connectivity index (χ0v) is 13.4. The van der Waals surface area contributed by atoms with Crippen molar-refractivity contribution in [2.24, 2.45) is 5.73 Å². The maximum atomic E-state index is 12.4. The van der Waals surface area contributed by atoms with Gasteiger partial charge in [-0.1, -0.05) is 0 Å². The number of aryl methyl sites for hydroxylation is 3. The highest BCUT2D eigenvalue weighted by atomic mass is 32.2. The van der Waals surface area contributed by atoms with E-state index >= 15 is 0 Å². The number of sulfonamides is 1. The summed E-state index contributed by atoms with van der Waals surface area (Å²) in [4.78, 5) is 0.118. The summed E-state index contributed by atoms with van der Waals surface area (Å²) in [6.07, 6.45) is 0. The van der Waals surface area contributed by atoms with Crippen molar-refractivity contribution in [1.29, 1.82) is 0 Å². The van der Waals surface area contributed by atoms with E-state index in [9.17, 15) is 8.42 Å². The smallest absolute Gasteiger partial charge is 0.244 e. The molecule has 2 heterocycles. The molecule has 0 aromatic carbocycles. The molecule has 21 heavy (non-hydrogen) atoms. The first kappa shape index (κ1) is 15.8. The Morgan fingerprint density at radius 2 is 1.86 bits per heavy atom. The van der Waals surface area contributed by atoms with Crippen molar-refractivity contribution < 1.29 is 17.3 Å². The molecule has 0 saturated carbocycles. The highest BCUT2D eigenvalue weighted by Crippen LogP contribution is 2.25. The summed E-state index contributed by atoms with van der Waals surface area (Å²) in [6.45, 7) is 7.17. The summed E-state index contributed by atoms with van der Waals surface area (Å²) in [7, 11) is -3.68. The van der Waals surface area contributed by atoms with Crippen LogP contribution in [0, 0.1) is 20.8 Å². The average Bonchev–Trinajstić information content (AvgIpc) is 2.91. The number of furan rings is 2. The molecule has 0 aliphatic heterocycles. The third kappa shape index (κ3) is 3.20. The second-order valence-electron chi connectivity index (χ2n) is 5.05. The van der Waals surface area contributed by atoms with Crippen LogP contribution in [0.3, 0.4) is 0 Å². The van der Waals surface area contributed by atoms with Crippen molar-refractivity contribution in [2.75, 3.05) is 0 Å². The Morgan fingerprint density at radius 1 is 1.19 bits per heavy atom. The number of nitrogens with two attached hydrogens (primary N) is 1. The molecule has 1 unspecified atom stereocenters. The molecule has 0 spiro atoms. The van der Waals surface area contributed by atoms with Crippen molar-refractivity contribution in [3.63, 3.8) is 0 Å². The Bertz CT molecular complexity index is 743. The van der Waals surface area contributed by atoms with E-state index in [-0.39, 0.29) is 11.4 Å². The van der Waals surface area contributed by atoms with Gasteiger partial charge in [-0.05, 0) is 33.8 Å². The maximum Gasteiger partial charge on any atom is 0.244 e. The minimum atomic E-state index is -3.68. The molecular formula is C14H20N2O4S. The molecule has 2 aromatic heterocycles. The van der Waals surface area contributed by atoms with Crippen molar-refractivity contribution >= 4 is 10.0 Å². The van der Waals surface area contributed by atoms with Crippen LogP contribution in [0.5, 0.6) is 0 Å². The van der Waals surface area contributed by atoms with E-state index < -0.39 is 16.1 Å². The summed E-state index contributed by atoms with van der Waals surface area (Å²) >= 11 is 0. The summed E-state index contributed by atoms with van der Waals surface area (Å²) < 4.78 is 38.2. The van der Waals surface area contributed by atoms with Crippen molar-refractivity contribution in [3.8, 4) is 0 Å². The molecule has 3 N–H and O–H groups in total. The molecule has 1 atom stereocenters. The van der Waals surface area contributed by atoms with Gasteiger partial charge in [0.25, 0.3) is 0 Å². The van der Waals surface area contributed by atoms with Gasteiger partial charge in [-0.3, -0.25) is 0 Å². The first-order valence-corrected chi connectivity index (χ1v) is 8.11. The highest BCUT2D eigenvalue weighted by Gasteiger charge is 2.25. The monoisotopic (exact) mass is 312 g/mol. The standard InChI is InChI=1S/C14H20N2O4S/c1-8-5-13(10(3)19-8)9(2)16-21(17,18)14-6-12(7-15)20-11(14)4/h5-6,9,16H,7,15H2,1-4H3. The van der Waals surface area contributed by atoms with Gasteiger partial charge < -0.3 is 14.6 Å². The fourth-order valence-electron chi connectivity index (χ4n) is 2.33. The van der Waals surface area contributed by atoms with Gasteiger partial charge in [-0.2, -0.15) is 0 Å². The summed E-state index contributed by atoms with van der Waals surface area (Å²) in [5, 5.41) is 0. The normalized spacial score (nSPS) is 13.6. The Morgan fingerprint density at radius 3 is 2.33 bits per heavy atom. The summed E-state index contributed by atoms with van der Waals surface area (Å²) in [5.74, 6) is 2.22. The quantitative estimate of drug-likeness (QED) is 0.882. The molecule has 0 radical (unpaired) electrons. The fourth-order valence-corrected chi connectivity index (χ4v) is 3.76. The zero-order valence-electron chi connectivity index (χ0n) is 12.6. The van der Waals surface area contributed by atoms with Crippen molar-refractivity contribution in [2.45, 2.75) is 45.2 Å². The number of rotatable bonds is 5. The lowest BCUT2D eigenvalue weighted by atomic mass is 10.1. The van der Waals surface area contributed by atoms with Crippen LogP contribution in [0.25, 0.3) is 0 Å². The van der Waals surface area contributed by atoms with Crippen LogP contribution in [0.1, 0.15) is 41.6 Å². The SMILES string of the molecule is Cc1cc(C(C)NS(=O)(=O)c2cc(CN)oc2C)c(C)o1. The van der Waals surface area contributed by atoms with Gasteiger partial charge >= 0.3 is 0 Å². The predicted molar refractivity (Wildman–Crippen MR) is 78.3 cm³/mol. The molecule has 2 aromatic rings. The topological polar surface area (TPSA) is 98.5 Å². The van der Waals surface area contributed by atoms with Crippen LogP contribution >= 0.6 is 0 Å². The minimum Gasteiger partial charge on any atom is -0.466 e. The molecular weight excluding hydrogens is 292 g/mol. The Labute approximate surface area is 124 Å². The van der Waals surface area contributed by atoms with Gasteiger partial charge in [-0.25, -0.2) is 13.1 Å². The number of nitrogens with one attached hydrogen (secondary N) is 1. The molecule has 7 heteroatoms. The van der Waals surface area contributed by atoms with Crippen LogP contribution in [0.4, 0.5) is 0 Å². The lowest BCUT2D eigenvalue weighted by Crippen LogP contribution is -2.27. The second kappa shape index (κ2) is 5.67. The van der Waals surface area contributed by atoms with Crippen LogP contribution in [-0.4, -0.2) is 8.42 Å². The van der Waals surface area contributed by atoms with Crippen molar-refractivity contribution in [1.82, 2.24) is 4.72 Å². The molecule has 0 amide bonds. The van der Waals surface area contributed by atoms with Crippen LogP contribution in [-0.2, 0) is 16.6 Å². The van der Waals surface area contributed by atoms with Crippen LogP contribution in [0.2, 0.25) is 0 Å². The first-order valence-electron chi connectivity index (χ1n) is 6.63. The molecule has 116 valence electrons.